The van der Waals surface area contributed by atoms with Crippen LogP contribution in [0.4, 0.5) is 0 Å². The second-order valence-electron chi connectivity index (χ2n) is 5.96. The van der Waals surface area contributed by atoms with E-state index >= 15 is 0 Å². The third kappa shape index (κ3) is 4.35. The Bertz CT molecular complexity index is 855. The number of nitrogens with one attached hydrogen (secondary N) is 2. The van der Waals surface area contributed by atoms with E-state index in [2.05, 4.69) is 27.7 Å². The van der Waals surface area contributed by atoms with Crippen LogP contribution in [0.2, 0.25) is 0 Å². The van der Waals surface area contributed by atoms with E-state index in [0.717, 1.165) is 12.8 Å². The highest BCUT2D eigenvalue weighted by Gasteiger charge is 2.20. The lowest BCUT2D eigenvalue weighted by atomic mass is 10.0. The van der Waals surface area contributed by atoms with Gasteiger partial charge in [-0.05, 0) is 25.0 Å². The average Bonchev–Trinajstić information content (AvgIpc) is 3.07. The summed E-state index contributed by atoms with van der Waals surface area (Å²) in [5.41, 5.74) is -0.214. The van der Waals surface area contributed by atoms with E-state index in [-0.39, 0.29) is 29.7 Å². The molecule has 2 amide bonds. The zero-order valence-electron chi connectivity index (χ0n) is 15.2. The molecule has 2 aromatic heterocycles. The lowest BCUT2D eigenvalue weighted by Gasteiger charge is -2.11. The van der Waals surface area contributed by atoms with Crippen molar-refractivity contribution in [1.29, 1.82) is 0 Å². The van der Waals surface area contributed by atoms with Crippen LogP contribution in [-0.4, -0.2) is 29.0 Å². The normalized spacial score (nSPS) is 11.8. The second-order valence-corrected chi connectivity index (χ2v) is 5.96. The molecule has 0 radical (unpaired) electrons. The SMILES string of the molecule is CCCC(C)c1cc(C)c(C(=O)NCc2nc(C(=O)NC)no2)c(=O)o1. The number of amides is 2. The van der Waals surface area contributed by atoms with Crippen molar-refractivity contribution in [1.82, 2.24) is 20.8 Å². The van der Waals surface area contributed by atoms with Crippen molar-refractivity contribution < 1.29 is 18.5 Å². The van der Waals surface area contributed by atoms with Crippen molar-refractivity contribution in [2.24, 2.45) is 0 Å². The van der Waals surface area contributed by atoms with Gasteiger partial charge in [0.2, 0.25) is 5.89 Å². The summed E-state index contributed by atoms with van der Waals surface area (Å²) in [6.07, 6.45) is 1.85. The van der Waals surface area contributed by atoms with Gasteiger partial charge >= 0.3 is 5.63 Å². The largest absolute Gasteiger partial charge is 0.427 e. The Hall–Kier alpha value is -2.97. The van der Waals surface area contributed by atoms with Gasteiger partial charge in [0.15, 0.2) is 0 Å². The minimum atomic E-state index is -0.683. The first kappa shape index (κ1) is 19.4. The maximum Gasteiger partial charge on any atom is 0.349 e. The van der Waals surface area contributed by atoms with E-state index in [1.165, 1.54) is 7.05 Å². The first-order valence-electron chi connectivity index (χ1n) is 8.34. The lowest BCUT2D eigenvalue weighted by molar-refractivity contribution is 0.0935. The Kier molecular flexibility index (Phi) is 6.26. The van der Waals surface area contributed by atoms with Crippen LogP contribution in [0.3, 0.4) is 0 Å². The molecule has 0 aromatic carbocycles. The summed E-state index contributed by atoms with van der Waals surface area (Å²) < 4.78 is 10.2. The predicted octanol–water partition coefficient (Wildman–Crippen LogP) is 1.52. The maximum atomic E-state index is 12.3. The summed E-state index contributed by atoms with van der Waals surface area (Å²) in [7, 11) is 1.44. The molecule has 1 atom stereocenters. The average molecular weight is 362 g/mol. The van der Waals surface area contributed by atoms with Crippen molar-refractivity contribution in [3.63, 3.8) is 0 Å². The number of rotatable bonds is 7. The molecule has 0 fully saturated rings. The molecule has 2 rings (SSSR count). The fourth-order valence-electron chi connectivity index (χ4n) is 2.50. The topological polar surface area (TPSA) is 127 Å². The minimum Gasteiger partial charge on any atom is -0.427 e. The number of hydrogen-bond acceptors (Lipinski definition) is 7. The summed E-state index contributed by atoms with van der Waals surface area (Å²) in [5.74, 6) is -0.526. The van der Waals surface area contributed by atoms with Crippen LogP contribution in [0.15, 0.2) is 19.8 Å². The minimum absolute atomic E-state index is 0.0483. The van der Waals surface area contributed by atoms with Crippen LogP contribution >= 0.6 is 0 Å². The maximum absolute atomic E-state index is 12.3. The van der Waals surface area contributed by atoms with Gasteiger partial charge in [0.25, 0.3) is 17.6 Å². The molecule has 0 bridgehead atoms. The van der Waals surface area contributed by atoms with Gasteiger partial charge in [-0.25, -0.2) is 4.79 Å². The molecule has 0 aliphatic heterocycles. The van der Waals surface area contributed by atoms with Gasteiger partial charge in [0.05, 0.1) is 6.54 Å². The van der Waals surface area contributed by atoms with Gasteiger partial charge in [-0.15, -0.1) is 0 Å². The molecule has 2 N–H and O–H groups in total. The molecule has 0 aliphatic rings. The molecule has 140 valence electrons. The zero-order chi connectivity index (χ0) is 19.3. The van der Waals surface area contributed by atoms with Crippen LogP contribution < -0.4 is 16.3 Å². The van der Waals surface area contributed by atoms with Crippen molar-refractivity contribution >= 4 is 11.8 Å². The van der Waals surface area contributed by atoms with Crippen molar-refractivity contribution in [2.75, 3.05) is 7.05 Å². The Balaban J connectivity index is 2.11. The van der Waals surface area contributed by atoms with Gasteiger partial charge in [-0.1, -0.05) is 25.4 Å². The summed E-state index contributed by atoms with van der Waals surface area (Å²) in [6.45, 7) is 5.59. The number of carbonyl (C=O) groups excluding carboxylic acids is 2. The predicted molar refractivity (Wildman–Crippen MR) is 91.9 cm³/mol. The van der Waals surface area contributed by atoms with Gasteiger partial charge in [0.1, 0.15) is 11.3 Å². The van der Waals surface area contributed by atoms with E-state index in [1.54, 1.807) is 13.0 Å². The molecule has 9 heteroatoms. The molecular formula is C17H22N4O5. The number of carbonyl (C=O) groups is 2. The molecular weight excluding hydrogens is 340 g/mol. The Morgan fingerprint density at radius 1 is 1.31 bits per heavy atom. The highest BCUT2D eigenvalue weighted by atomic mass is 16.5. The van der Waals surface area contributed by atoms with E-state index < -0.39 is 17.4 Å². The smallest absolute Gasteiger partial charge is 0.349 e. The number of aryl methyl sites for hydroxylation is 1. The summed E-state index contributed by atoms with van der Waals surface area (Å²) >= 11 is 0. The molecule has 2 aromatic rings. The van der Waals surface area contributed by atoms with E-state index in [0.29, 0.717) is 11.3 Å². The summed E-state index contributed by atoms with van der Waals surface area (Å²) in [4.78, 5) is 39.8. The van der Waals surface area contributed by atoms with E-state index in [9.17, 15) is 14.4 Å². The highest BCUT2D eigenvalue weighted by Crippen LogP contribution is 2.21. The molecule has 26 heavy (non-hydrogen) atoms. The van der Waals surface area contributed by atoms with Gasteiger partial charge < -0.3 is 19.6 Å². The second kappa shape index (κ2) is 8.41. The molecule has 0 saturated carbocycles. The summed E-state index contributed by atoms with van der Waals surface area (Å²) in [5, 5.41) is 8.36. The quantitative estimate of drug-likeness (QED) is 0.764. The molecule has 0 saturated heterocycles. The molecule has 9 nitrogen and oxygen atoms in total. The molecule has 1 unspecified atom stereocenters. The third-order valence-corrected chi connectivity index (χ3v) is 3.90. The van der Waals surface area contributed by atoms with Gasteiger partial charge in [-0.2, -0.15) is 4.98 Å². The third-order valence-electron chi connectivity index (χ3n) is 3.90. The van der Waals surface area contributed by atoms with Crippen LogP contribution in [-0.2, 0) is 6.54 Å². The highest BCUT2D eigenvalue weighted by molar-refractivity contribution is 5.95. The Labute approximate surface area is 150 Å². The number of aromatic nitrogens is 2. The number of hydrogen-bond donors (Lipinski definition) is 2. The van der Waals surface area contributed by atoms with Crippen molar-refractivity contribution in [2.45, 2.75) is 46.1 Å². The van der Waals surface area contributed by atoms with Crippen LogP contribution in [0.5, 0.6) is 0 Å². The molecule has 0 aliphatic carbocycles. The van der Waals surface area contributed by atoms with Gasteiger partial charge in [0, 0.05) is 13.0 Å². The monoisotopic (exact) mass is 362 g/mol. The van der Waals surface area contributed by atoms with E-state index in [1.807, 2.05) is 6.92 Å². The Morgan fingerprint density at radius 3 is 2.65 bits per heavy atom. The first-order valence-corrected chi connectivity index (χ1v) is 8.34. The van der Waals surface area contributed by atoms with Crippen LogP contribution in [0, 0.1) is 6.92 Å². The van der Waals surface area contributed by atoms with E-state index in [4.69, 9.17) is 8.94 Å². The standard InChI is InChI=1S/C17H22N4O5/c1-5-6-9(2)11-7-10(3)13(17(24)25-11)15(22)19-8-12-20-14(21-26-12)16(23)18-4/h7,9H,5-6,8H2,1-4H3,(H,18,23)(H,19,22). The van der Waals surface area contributed by atoms with Crippen LogP contribution in [0.25, 0.3) is 0 Å². The molecule has 2 heterocycles. The van der Waals surface area contributed by atoms with Crippen LogP contribution in [0.1, 0.15) is 70.8 Å². The zero-order valence-corrected chi connectivity index (χ0v) is 15.2. The van der Waals surface area contributed by atoms with Crippen molar-refractivity contribution in [3.8, 4) is 0 Å². The molecule has 0 spiro atoms. The summed E-state index contributed by atoms with van der Waals surface area (Å²) in [6, 6.07) is 1.72. The fraction of sp³-hybridized carbons (Fsp3) is 0.471. The lowest BCUT2D eigenvalue weighted by Crippen LogP contribution is -2.29. The fourth-order valence-corrected chi connectivity index (χ4v) is 2.50. The number of nitrogens with zero attached hydrogens (tertiary/aromatic N) is 2. The van der Waals surface area contributed by atoms with Gasteiger partial charge in [-0.3, -0.25) is 9.59 Å². The Morgan fingerprint density at radius 2 is 2.04 bits per heavy atom. The van der Waals surface area contributed by atoms with Crippen molar-refractivity contribution in [3.05, 3.63) is 45.1 Å². The first-order chi connectivity index (χ1) is 12.4.